The predicted octanol–water partition coefficient (Wildman–Crippen LogP) is 4.23. The summed E-state index contributed by atoms with van der Waals surface area (Å²) in [7, 11) is -3.76. The van der Waals surface area contributed by atoms with Crippen molar-refractivity contribution in [1.82, 2.24) is 5.32 Å². The van der Waals surface area contributed by atoms with E-state index in [0.29, 0.717) is 35.4 Å². The minimum absolute atomic E-state index is 0.0749. The maximum Gasteiger partial charge on any atom is 0.261 e. The van der Waals surface area contributed by atoms with E-state index in [0.717, 1.165) is 5.56 Å². The molecule has 0 bridgehead atoms. The summed E-state index contributed by atoms with van der Waals surface area (Å²) in [6, 6.07) is 19.6. The summed E-state index contributed by atoms with van der Waals surface area (Å²) in [5.41, 5.74) is 1.34. The molecule has 0 saturated carbocycles. The van der Waals surface area contributed by atoms with Gasteiger partial charge in [-0.15, -0.1) is 0 Å². The Morgan fingerprint density at radius 2 is 1.47 bits per heavy atom. The van der Waals surface area contributed by atoms with Crippen molar-refractivity contribution in [3.63, 3.8) is 0 Å². The van der Waals surface area contributed by atoms with Crippen LogP contribution in [0.5, 0.6) is 11.5 Å². The standard InChI is InChI=1S/C23H23ClN2O5S/c1-2-30-20-9-7-19(8-10-20)26-32(28,29)22-13-11-21(12-14-22)31-16-23(27)25-15-17-3-5-18(24)6-4-17/h3-14,26H,2,15-16H2,1H3,(H,25,27). The molecule has 0 aliphatic rings. The van der Waals surface area contributed by atoms with Gasteiger partial charge in [0.05, 0.1) is 11.5 Å². The molecule has 0 aliphatic heterocycles. The number of hydrogen-bond acceptors (Lipinski definition) is 5. The third kappa shape index (κ3) is 6.90. The van der Waals surface area contributed by atoms with Crippen LogP contribution < -0.4 is 19.5 Å². The van der Waals surface area contributed by atoms with Crippen LogP contribution in [0.1, 0.15) is 12.5 Å². The zero-order valence-corrected chi connectivity index (χ0v) is 18.9. The van der Waals surface area contributed by atoms with E-state index in [2.05, 4.69) is 10.0 Å². The predicted molar refractivity (Wildman–Crippen MR) is 124 cm³/mol. The highest BCUT2D eigenvalue weighted by molar-refractivity contribution is 7.92. The molecule has 3 rings (SSSR count). The number of nitrogens with one attached hydrogen (secondary N) is 2. The van der Waals surface area contributed by atoms with E-state index >= 15 is 0 Å². The first kappa shape index (κ1) is 23.4. The molecule has 0 atom stereocenters. The van der Waals surface area contributed by atoms with Crippen LogP contribution in [0.3, 0.4) is 0 Å². The Morgan fingerprint density at radius 1 is 0.875 bits per heavy atom. The number of rotatable bonds is 10. The van der Waals surface area contributed by atoms with Crippen LogP contribution in [-0.4, -0.2) is 27.5 Å². The first-order valence-electron chi connectivity index (χ1n) is 9.85. The van der Waals surface area contributed by atoms with Crippen LogP contribution in [0.25, 0.3) is 0 Å². The Labute approximate surface area is 192 Å². The summed E-state index contributed by atoms with van der Waals surface area (Å²) in [6.07, 6.45) is 0. The van der Waals surface area contributed by atoms with Gasteiger partial charge in [-0.3, -0.25) is 9.52 Å². The van der Waals surface area contributed by atoms with E-state index in [9.17, 15) is 13.2 Å². The van der Waals surface area contributed by atoms with Crippen molar-refractivity contribution < 1.29 is 22.7 Å². The number of sulfonamides is 1. The maximum atomic E-state index is 12.6. The molecule has 2 N–H and O–H groups in total. The Bertz CT molecular complexity index is 1130. The average Bonchev–Trinajstić information content (AvgIpc) is 2.79. The molecule has 0 spiro atoms. The summed E-state index contributed by atoms with van der Waals surface area (Å²) in [5.74, 6) is 0.745. The second kappa shape index (κ2) is 10.9. The van der Waals surface area contributed by atoms with Crippen LogP contribution in [0, 0.1) is 0 Å². The molecule has 3 aromatic carbocycles. The number of halogens is 1. The summed E-state index contributed by atoms with van der Waals surface area (Å²) in [6.45, 7) is 2.57. The highest BCUT2D eigenvalue weighted by atomic mass is 35.5. The average molecular weight is 475 g/mol. The largest absolute Gasteiger partial charge is 0.494 e. The highest BCUT2D eigenvalue weighted by Crippen LogP contribution is 2.21. The van der Waals surface area contributed by atoms with Crippen molar-refractivity contribution in [2.45, 2.75) is 18.4 Å². The van der Waals surface area contributed by atoms with Gasteiger partial charge in [0.2, 0.25) is 0 Å². The van der Waals surface area contributed by atoms with Crippen LogP contribution in [0.2, 0.25) is 5.02 Å². The normalized spacial score (nSPS) is 10.9. The SMILES string of the molecule is CCOc1ccc(NS(=O)(=O)c2ccc(OCC(=O)NCc3ccc(Cl)cc3)cc2)cc1. The minimum Gasteiger partial charge on any atom is -0.494 e. The topological polar surface area (TPSA) is 93.7 Å². The second-order valence-corrected chi connectivity index (χ2v) is 8.85. The van der Waals surface area contributed by atoms with Gasteiger partial charge in [-0.05, 0) is 73.2 Å². The second-order valence-electron chi connectivity index (χ2n) is 6.73. The molecule has 0 unspecified atom stereocenters. The molecule has 0 heterocycles. The first-order valence-corrected chi connectivity index (χ1v) is 11.7. The van der Waals surface area contributed by atoms with E-state index in [4.69, 9.17) is 21.1 Å². The molecular formula is C23H23ClN2O5S. The molecule has 0 aliphatic carbocycles. The Balaban J connectivity index is 1.51. The monoisotopic (exact) mass is 474 g/mol. The highest BCUT2D eigenvalue weighted by Gasteiger charge is 2.14. The fourth-order valence-corrected chi connectivity index (χ4v) is 3.90. The number of amides is 1. The third-order valence-corrected chi connectivity index (χ3v) is 5.97. The van der Waals surface area contributed by atoms with Crippen molar-refractivity contribution in [2.24, 2.45) is 0 Å². The number of ether oxygens (including phenoxy) is 2. The Kier molecular flexibility index (Phi) is 7.97. The summed E-state index contributed by atoms with van der Waals surface area (Å²) >= 11 is 5.83. The molecule has 7 nitrogen and oxygen atoms in total. The summed E-state index contributed by atoms with van der Waals surface area (Å²) < 4.78 is 38.4. The fourth-order valence-electron chi connectivity index (χ4n) is 2.72. The van der Waals surface area contributed by atoms with Crippen molar-refractivity contribution in [1.29, 1.82) is 0 Å². The van der Waals surface area contributed by atoms with Crippen LogP contribution in [0.15, 0.2) is 77.7 Å². The van der Waals surface area contributed by atoms with Crippen molar-refractivity contribution >= 4 is 33.2 Å². The quantitative estimate of drug-likeness (QED) is 0.458. The minimum atomic E-state index is -3.76. The number of carbonyl (C=O) groups is 1. The van der Waals surface area contributed by atoms with E-state index in [1.165, 1.54) is 24.3 Å². The zero-order valence-electron chi connectivity index (χ0n) is 17.4. The van der Waals surface area contributed by atoms with Crippen molar-refractivity contribution in [3.05, 3.63) is 83.4 Å². The Hall–Kier alpha value is -3.23. The lowest BCUT2D eigenvalue weighted by atomic mass is 10.2. The van der Waals surface area contributed by atoms with E-state index in [1.807, 2.05) is 19.1 Å². The number of carbonyl (C=O) groups excluding carboxylic acids is 1. The van der Waals surface area contributed by atoms with E-state index in [1.54, 1.807) is 36.4 Å². The molecular weight excluding hydrogens is 452 g/mol. The third-order valence-electron chi connectivity index (χ3n) is 4.32. The maximum absolute atomic E-state index is 12.6. The molecule has 168 valence electrons. The van der Waals surface area contributed by atoms with Gasteiger partial charge in [-0.25, -0.2) is 8.42 Å². The molecule has 3 aromatic rings. The van der Waals surface area contributed by atoms with Gasteiger partial charge < -0.3 is 14.8 Å². The smallest absolute Gasteiger partial charge is 0.261 e. The molecule has 0 fully saturated rings. The van der Waals surface area contributed by atoms with Gasteiger partial charge in [0.1, 0.15) is 11.5 Å². The summed E-state index contributed by atoms with van der Waals surface area (Å²) in [4.78, 5) is 12.0. The lowest BCUT2D eigenvalue weighted by molar-refractivity contribution is -0.123. The molecule has 0 radical (unpaired) electrons. The molecule has 32 heavy (non-hydrogen) atoms. The Morgan fingerprint density at radius 3 is 2.09 bits per heavy atom. The zero-order chi connectivity index (χ0) is 23.0. The van der Waals surface area contributed by atoms with Crippen LogP contribution in [-0.2, 0) is 21.4 Å². The van der Waals surface area contributed by atoms with Gasteiger partial charge in [0, 0.05) is 17.3 Å². The number of anilines is 1. The van der Waals surface area contributed by atoms with Gasteiger partial charge in [0.25, 0.3) is 15.9 Å². The summed E-state index contributed by atoms with van der Waals surface area (Å²) in [5, 5.41) is 3.37. The molecule has 0 aromatic heterocycles. The van der Waals surface area contributed by atoms with E-state index < -0.39 is 10.0 Å². The lowest BCUT2D eigenvalue weighted by Gasteiger charge is -2.11. The van der Waals surface area contributed by atoms with Crippen molar-refractivity contribution in [2.75, 3.05) is 17.9 Å². The van der Waals surface area contributed by atoms with Crippen LogP contribution >= 0.6 is 11.6 Å². The van der Waals surface area contributed by atoms with Gasteiger partial charge in [-0.1, -0.05) is 23.7 Å². The molecule has 1 amide bonds. The first-order chi connectivity index (χ1) is 15.4. The fraction of sp³-hybridized carbons (Fsp3) is 0.174. The van der Waals surface area contributed by atoms with Gasteiger partial charge in [0.15, 0.2) is 6.61 Å². The lowest BCUT2D eigenvalue weighted by Crippen LogP contribution is -2.28. The van der Waals surface area contributed by atoms with Crippen LogP contribution in [0.4, 0.5) is 5.69 Å². The van der Waals surface area contributed by atoms with Gasteiger partial charge >= 0.3 is 0 Å². The molecule has 9 heteroatoms. The number of benzene rings is 3. The molecule has 0 saturated heterocycles. The van der Waals surface area contributed by atoms with Gasteiger partial charge in [-0.2, -0.15) is 0 Å². The number of hydrogen-bond donors (Lipinski definition) is 2. The van der Waals surface area contributed by atoms with E-state index in [-0.39, 0.29) is 17.4 Å². The van der Waals surface area contributed by atoms with Crippen molar-refractivity contribution in [3.8, 4) is 11.5 Å².